The highest BCUT2D eigenvalue weighted by Crippen LogP contribution is 2.38. The van der Waals surface area contributed by atoms with Gasteiger partial charge < -0.3 is 39.1 Å². The van der Waals surface area contributed by atoms with E-state index in [1.165, 1.54) is 51.4 Å². The maximum absolute atomic E-state index is 12.8. The van der Waals surface area contributed by atoms with Gasteiger partial charge in [-0.2, -0.15) is 0 Å². The maximum atomic E-state index is 12.8. The summed E-state index contributed by atoms with van der Waals surface area (Å²) in [7, 11) is 1.10. The van der Waals surface area contributed by atoms with E-state index in [-0.39, 0.29) is 18.9 Å². The molecule has 0 aliphatic heterocycles. The number of aliphatic hydroxyl groups excluding tert-OH is 3. The minimum atomic E-state index is -4.65. The van der Waals surface area contributed by atoms with Crippen LogP contribution in [0.2, 0.25) is 0 Å². The van der Waals surface area contributed by atoms with Gasteiger partial charge in [0.05, 0.1) is 52.1 Å². The third-order valence-corrected chi connectivity index (χ3v) is 9.64. The zero-order valence-corrected chi connectivity index (χ0v) is 34.8. The number of carbonyl (C=O) groups is 1. The molecule has 0 spiro atoms. The highest BCUT2D eigenvalue weighted by atomic mass is 31.2. The fraction of sp³-hybridized carbons (Fsp3) is 0.738. The van der Waals surface area contributed by atoms with Crippen molar-refractivity contribution < 1.29 is 43.1 Å². The number of quaternary nitrogens is 1. The quantitative estimate of drug-likeness (QED) is 0.0167. The van der Waals surface area contributed by atoms with E-state index in [1.54, 1.807) is 24.3 Å². The minimum Gasteiger partial charge on any atom is -0.756 e. The van der Waals surface area contributed by atoms with Crippen molar-refractivity contribution in [1.82, 2.24) is 5.32 Å². The van der Waals surface area contributed by atoms with Crippen LogP contribution in [0.3, 0.4) is 0 Å². The Morgan fingerprint density at radius 1 is 0.717 bits per heavy atom. The SMILES string of the molecule is CCCCCCCCCCCC/C=C/[C@@H](O)[C@H](COP(=O)([O-])OCC[N+](C)(C)C)NC(=O)CCC[C@H](O)/C=C/C=C\C/C=C\C=C\[C@H](O)CCCCC. The van der Waals surface area contributed by atoms with Crippen LogP contribution in [-0.4, -0.2) is 91.0 Å². The van der Waals surface area contributed by atoms with Gasteiger partial charge in [0.2, 0.25) is 5.91 Å². The lowest BCUT2D eigenvalue weighted by Gasteiger charge is -2.29. The first kappa shape index (κ1) is 51.1. The molecule has 0 fully saturated rings. The second kappa shape index (κ2) is 33.5. The highest BCUT2D eigenvalue weighted by Gasteiger charge is 2.23. The van der Waals surface area contributed by atoms with Crippen LogP contribution in [0.5, 0.6) is 0 Å². The average Bonchev–Trinajstić information content (AvgIpc) is 3.09. The number of amides is 1. The van der Waals surface area contributed by atoms with Crippen LogP contribution in [0.25, 0.3) is 0 Å². The van der Waals surface area contributed by atoms with E-state index >= 15 is 0 Å². The minimum absolute atomic E-state index is 0.0467. The Labute approximate surface area is 323 Å². The molecule has 0 aromatic rings. The molecule has 5 atom stereocenters. The number of nitrogens with zero attached hydrogens (tertiary/aromatic N) is 1. The summed E-state index contributed by atoms with van der Waals surface area (Å²) in [5.41, 5.74) is 0. The second-order valence-electron chi connectivity index (χ2n) is 15.0. The first-order chi connectivity index (χ1) is 25.3. The van der Waals surface area contributed by atoms with E-state index in [9.17, 15) is 29.6 Å². The predicted molar refractivity (Wildman–Crippen MR) is 217 cm³/mol. The summed E-state index contributed by atoms with van der Waals surface area (Å²) in [5.74, 6) is -0.377. The number of hydrogen-bond acceptors (Lipinski definition) is 8. The molecule has 1 unspecified atom stereocenters. The van der Waals surface area contributed by atoms with Crippen molar-refractivity contribution in [2.75, 3.05) is 40.9 Å². The molecular weight excluding hydrogens is 691 g/mol. The number of phosphoric ester groups is 1. The topological polar surface area (TPSA) is 148 Å². The molecule has 0 saturated heterocycles. The zero-order chi connectivity index (χ0) is 39.6. The Kier molecular flexibility index (Phi) is 32.3. The van der Waals surface area contributed by atoms with Crippen LogP contribution in [0.15, 0.2) is 60.8 Å². The molecule has 11 heteroatoms. The van der Waals surface area contributed by atoms with E-state index in [2.05, 4.69) is 19.2 Å². The van der Waals surface area contributed by atoms with Gasteiger partial charge in [-0.1, -0.05) is 152 Å². The van der Waals surface area contributed by atoms with Crippen LogP contribution in [0.4, 0.5) is 0 Å². The number of likely N-dealkylation sites (N-methyl/N-ethyl adjacent to an activating group) is 1. The van der Waals surface area contributed by atoms with Crippen LogP contribution >= 0.6 is 7.82 Å². The number of hydrogen-bond donors (Lipinski definition) is 4. The molecule has 0 heterocycles. The standard InChI is InChI=1S/C42H77N2O8P/c1-6-8-10-11-12-13-14-15-16-20-23-27-33-41(47)40(37-52-53(49,50)51-36-35-44(3,4)5)43-42(48)34-28-32-39(46)31-26-22-19-17-18-21-25-30-38(45)29-24-9-7-2/h18-19,21-22,25-27,30-31,33,38-41,45-47H,6-17,20,23-24,28-29,32,34-37H2,1-5H3,(H-,43,48,49,50)/b21-18-,22-19-,30-25+,31-26+,33-27+/t38-,39-,40+,41-/m1/s1. The van der Waals surface area contributed by atoms with Crippen LogP contribution in [0.1, 0.15) is 136 Å². The van der Waals surface area contributed by atoms with Crippen LogP contribution in [-0.2, 0) is 18.4 Å². The van der Waals surface area contributed by atoms with E-state index in [4.69, 9.17) is 9.05 Å². The van der Waals surface area contributed by atoms with Gasteiger partial charge in [-0.25, -0.2) is 0 Å². The molecule has 0 aromatic carbocycles. The Hall–Kier alpha value is -1.88. The molecule has 10 nitrogen and oxygen atoms in total. The largest absolute Gasteiger partial charge is 0.756 e. The van der Waals surface area contributed by atoms with Crippen molar-refractivity contribution in [2.45, 2.75) is 160 Å². The zero-order valence-electron chi connectivity index (χ0n) is 33.9. The molecule has 0 aliphatic carbocycles. The molecule has 0 aliphatic rings. The number of phosphoric acid groups is 1. The predicted octanol–water partition coefficient (Wildman–Crippen LogP) is 7.99. The van der Waals surface area contributed by atoms with Crippen LogP contribution < -0.4 is 10.2 Å². The van der Waals surface area contributed by atoms with Crippen molar-refractivity contribution in [3.8, 4) is 0 Å². The van der Waals surface area contributed by atoms with Crippen molar-refractivity contribution in [1.29, 1.82) is 0 Å². The molecule has 0 rings (SSSR count). The van der Waals surface area contributed by atoms with Gasteiger partial charge in [0.15, 0.2) is 0 Å². The molecule has 0 bridgehead atoms. The number of aliphatic hydroxyl groups is 3. The molecule has 0 radical (unpaired) electrons. The summed E-state index contributed by atoms with van der Waals surface area (Å²) in [6.07, 6.45) is 34.7. The van der Waals surface area contributed by atoms with Crippen molar-refractivity contribution >= 4 is 13.7 Å². The van der Waals surface area contributed by atoms with Gasteiger partial charge >= 0.3 is 0 Å². The van der Waals surface area contributed by atoms with E-state index in [0.717, 1.165) is 44.9 Å². The van der Waals surface area contributed by atoms with E-state index in [1.807, 2.05) is 57.6 Å². The Morgan fingerprint density at radius 2 is 1.25 bits per heavy atom. The fourth-order valence-electron chi connectivity index (χ4n) is 5.30. The van der Waals surface area contributed by atoms with Gasteiger partial charge in [0, 0.05) is 6.42 Å². The Balaban J connectivity index is 4.77. The lowest BCUT2D eigenvalue weighted by molar-refractivity contribution is -0.870. The number of nitrogens with one attached hydrogen (secondary N) is 1. The van der Waals surface area contributed by atoms with Gasteiger partial charge in [0.25, 0.3) is 7.82 Å². The summed E-state index contributed by atoms with van der Waals surface area (Å²) in [6.45, 7) is 4.31. The molecular formula is C42H77N2O8P. The number of allylic oxidation sites excluding steroid dienone is 7. The van der Waals surface area contributed by atoms with Crippen molar-refractivity contribution in [3.63, 3.8) is 0 Å². The monoisotopic (exact) mass is 769 g/mol. The smallest absolute Gasteiger partial charge is 0.268 e. The Bertz CT molecular complexity index is 1090. The van der Waals surface area contributed by atoms with E-state index < -0.39 is 38.8 Å². The first-order valence-electron chi connectivity index (χ1n) is 20.4. The van der Waals surface area contributed by atoms with Crippen molar-refractivity contribution in [3.05, 3.63) is 60.8 Å². The molecule has 1 amide bonds. The number of carbonyl (C=O) groups excluding carboxylic acids is 1. The summed E-state index contributed by atoms with van der Waals surface area (Å²) >= 11 is 0. The molecule has 0 aromatic heterocycles. The molecule has 0 saturated carbocycles. The summed E-state index contributed by atoms with van der Waals surface area (Å²) < 4.78 is 23.0. The number of rotatable bonds is 35. The molecule has 53 heavy (non-hydrogen) atoms. The van der Waals surface area contributed by atoms with E-state index in [0.29, 0.717) is 30.3 Å². The first-order valence-corrected chi connectivity index (χ1v) is 21.8. The highest BCUT2D eigenvalue weighted by molar-refractivity contribution is 7.45. The Morgan fingerprint density at radius 3 is 1.81 bits per heavy atom. The van der Waals surface area contributed by atoms with Gasteiger partial charge in [0.1, 0.15) is 13.2 Å². The third-order valence-electron chi connectivity index (χ3n) is 8.68. The van der Waals surface area contributed by atoms with Gasteiger partial charge in [-0.15, -0.1) is 0 Å². The fourth-order valence-corrected chi connectivity index (χ4v) is 6.03. The summed E-state index contributed by atoms with van der Waals surface area (Å²) in [5, 5.41) is 33.8. The van der Waals surface area contributed by atoms with Crippen molar-refractivity contribution in [2.24, 2.45) is 0 Å². The number of unbranched alkanes of at least 4 members (excludes halogenated alkanes) is 12. The summed E-state index contributed by atoms with van der Waals surface area (Å²) in [4.78, 5) is 25.2. The second-order valence-corrected chi connectivity index (χ2v) is 16.4. The third kappa shape index (κ3) is 35.6. The maximum Gasteiger partial charge on any atom is 0.268 e. The molecule has 308 valence electrons. The average molecular weight is 769 g/mol. The van der Waals surface area contributed by atoms with Gasteiger partial charge in [-0.3, -0.25) is 9.36 Å². The summed E-state index contributed by atoms with van der Waals surface area (Å²) in [6, 6.07) is -0.994. The van der Waals surface area contributed by atoms with Crippen LogP contribution in [0, 0.1) is 0 Å². The molecule has 4 N–H and O–H groups in total. The van der Waals surface area contributed by atoms with Gasteiger partial charge in [-0.05, 0) is 38.5 Å². The normalized spacial score (nSPS) is 16.3. The lowest BCUT2D eigenvalue weighted by Crippen LogP contribution is -2.45. The lowest BCUT2D eigenvalue weighted by atomic mass is 10.1.